The zero-order chi connectivity index (χ0) is 16.2. The predicted octanol–water partition coefficient (Wildman–Crippen LogP) is 5.33. The first-order chi connectivity index (χ1) is 10.3. The number of esters is 1. The molecule has 0 spiro atoms. The Morgan fingerprint density at radius 1 is 0.955 bits per heavy atom. The molecule has 0 fully saturated rings. The summed E-state index contributed by atoms with van der Waals surface area (Å²) in [5, 5.41) is 0. The fourth-order valence-corrected chi connectivity index (χ4v) is 2.56. The van der Waals surface area contributed by atoms with E-state index in [-0.39, 0.29) is 17.3 Å². The summed E-state index contributed by atoms with van der Waals surface area (Å²) < 4.78 is 5.47. The van der Waals surface area contributed by atoms with Crippen molar-refractivity contribution in [2.75, 3.05) is 0 Å². The summed E-state index contributed by atoms with van der Waals surface area (Å²) >= 11 is 0. The molecule has 2 nitrogen and oxygen atoms in total. The zero-order valence-corrected chi connectivity index (χ0v) is 13.8. The summed E-state index contributed by atoms with van der Waals surface area (Å²) in [6.45, 7) is 8.31. The van der Waals surface area contributed by atoms with Crippen LogP contribution in [0.2, 0.25) is 0 Å². The van der Waals surface area contributed by atoms with Crippen LogP contribution in [0.25, 0.3) is 11.1 Å². The van der Waals surface area contributed by atoms with Gasteiger partial charge in [-0.2, -0.15) is 0 Å². The third kappa shape index (κ3) is 4.73. The standard InChI is InChI=1S/C20H24O2/c1-15(14-20(2,3)4)19(21)22-18-12-10-17(11-13-18)16-8-6-5-7-9-16/h5-13,15H,14H2,1-4H3. The molecule has 0 radical (unpaired) electrons. The Kier molecular flexibility index (Phi) is 5.02. The van der Waals surface area contributed by atoms with Crippen molar-refractivity contribution < 1.29 is 9.53 Å². The van der Waals surface area contributed by atoms with Gasteiger partial charge in [-0.1, -0.05) is 70.2 Å². The molecule has 0 amide bonds. The lowest BCUT2D eigenvalue weighted by molar-refractivity contribution is -0.139. The van der Waals surface area contributed by atoms with Gasteiger partial charge in [0.25, 0.3) is 0 Å². The van der Waals surface area contributed by atoms with E-state index < -0.39 is 0 Å². The zero-order valence-electron chi connectivity index (χ0n) is 13.8. The molecule has 0 saturated carbocycles. The summed E-state index contributed by atoms with van der Waals surface area (Å²) in [6, 6.07) is 17.8. The van der Waals surface area contributed by atoms with Crippen LogP contribution in [-0.2, 0) is 4.79 Å². The van der Waals surface area contributed by atoms with Gasteiger partial charge in [-0.25, -0.2) is 0 Å². The lowest BCUT2D eigenvalue weighted by Gasteiger charge is -2.22. The van der Waals surface area contributed by atoms with Gasteiger partial charge in [0.05, 0.1) is 5.92 Å². The predicted molar refractivity (Wildman–Crippen MR) is 90.7 cm³/mol. The van der Waals surface area contributed by atoms with Gasteiger partial charge in [-0.15, -0.1) is 0 Å². The average molecular weight is 296 g/mol. The van der Waals surface area contributed by atoms with Crippen LogP contribution in [0.4, 0.5) is 0 Å². The Morgan fingerprint density at radius 3 is 2.05 bits per heavy atom. The molecule has 0 bridgehead atoms. The van der Waals surface area contributed by atoms with Crippen molar-refractivity contribution in [2.45, 2.75) is 34.1 Å². The second-order valence-electron chi connectivity index (χ2n) is 6.98. The van der Waals surface area contributed by atoms with E-state index in [1.54, 1.807) is 0 Å². The quantitative estimate of drug-likeness (QED) is 0.563. The third-order valence-corrected chi connectivity index (χ3v) is 3.50. The Morgan fingerprint density at radius 2 is 1.50 bits per heavy atom. The SMILES string of the molecule is CC(CC(C)(C)C)C(=O)Oc1ccc(-c2ccccc2)cc1. The summed E-state index contributed by atoms with van der Waals surface area (Å²) in [7, 11) is 0. The molecule has 0 aliphatic heterocycles. The first-order valence-corrected chi connectivity index (χ1v) is 7.72. The van der Waals surface area contributed by atoms with Crippen molar-refractivity contribution in [1.82, 2.24) is 0 Å². The molecule has 2 aromatic carbocycles. The molecule has 2 aromatic rings. The number of hydrogen-bond acceptors (Lipinski definition) is 2. The molecule has 0 aromatic heterocycles. The molecule has 0 heterocycles. The van der Waals surface area contributed by atoms with Crippen LogP contribution in [0.1, 0.15) is 34.1 Å². The smallest absolute Gasteiger partial charge is 0.314 e. The van der Waals surface area contributed by atoms with E-state index in [0.717, 1.165) is 17.5 Å². The maximum Gasteiger partial charge on any atom is 0.314 e. The molecule has 1 atom stereocenters. The van der Waals surface area contributed by atoms with E-state index in [1.165, 1.54) is 0 Å². The highest BCUT2D eigenvalue weighted by atomic mass is 16.5. The van der Waals surface area contributed by atoms with Crippen LogP contribution in [0.15, 0.2) is 54.6 Å². The van der Waals surface area contributed by atoms with Crippen LogP contribution in [0.3, 0.4) is 0 Å². The van der Waals surface area contributed by atoms with Gasteiger partial charge in [-0.05, 0) is 35.1 Å². The van der Waals surface area contributed by atoms with Gasteiger partial charge in [0.2, 0.25) is 0 Å². The number of hydrogen-bond donors (Lipinski definition) is 0. The molecule has 116 valence electrons. The Hall–Kier alpha value is -2.09. The molecule has 1 unspecified atom stereocenters. The molecule has 0 aliphatic rings. The minimum absolute atomic E-state index is 0.103. The first-order valence-electron chi connectivity index (χ1n) is 7.72. The van der Waals surface area contributed by atoms with Crippen molar-refractivity contribution in [3.63, 3.8) is 0 Å². The Labute approximate surface area is 133 Å². The lowest BCUT2D eigenvalue weighted by Crippen LogP contribution is -2.22. The highest BCUT2D eigenvalue weighted by molar-refractivity contribution is 5.75. The molecular weight excluding hydrogens is 272 g/mol. The first kappa shape index (κ1) is 16.3. The summed E-state index contributed by atoms with van der Waals surface area (Å²) in [6.07, 6.45) is 0.813. The number of benzene rings is 2. The maximum atomic E-state index is 12.1. The van der Waals surface area contributed by atoms with E-state index in [9.17, 15) is 4.79 Å². The second-order valence-corrected chi connectivity index (χ2v) is 6.98. The number of carbonyl (C=O) groups is 1. The second kappa shape index (κ2) is 6.78. The molecule has 0 saturated heterocycles. The van der Waals surface area contributed by atoms with Crippen molar-refractivity contribution in [3.05, 3.63) is 54.6 Å². The lowest BCUT2D eigenvalue weighted by atomic mass is 9.85. The molecule has 2 heteroatoms. The minimum Gasteiger partial charge on any atom is -0.426 e. The van der Waals surface area contributed by atoms with E-state index in [1.807, 2.05) is 49.4 Å². The highest BCUT2D eigenvalue weighted by Crippen LogP contribution is 2.26. The molecule has 0 N–H and O–H groups in total. The van der Waals surface area contributed by atoms with Gasteiger partial charge in [0, 0.05) is 0 Å². The van der Waals surface area contributed by atoms with Gasteiger partial charge in [0.15, 0.2) is 0 Å². The number of carbonyl (C=O) groups excluding carboxylic acids is 1. The summed E-state index contributed by atoms with van der Waals surface area (Å²) in [5.41, 5.74) is 2.39. The highest BCUT2D eigenvalue weighted by Gasteiger charge is 2.22. The summed E-state index contributed by atoms with van der Waals surface area (Å²) in [5.74, 6) is 0.335. The van der Waals surface area contributed by atoms with Gasteiger partial charge in [0.1, 0.15) is 5.75 Å². The van der Waals surface area contributed by atoms with Crippen LogP contribution in [-0.4, -0.2) is 5.97 Å². The molecule has 2 rings (SSSR count). The van der Waals surface area contributed by atoms with Crippen LogP contribution in [0.5, 0.6) is 5.75 Å². The van der Waals surface area contributed by atoms with Crippen molar-refractivity contribution >= 4 is 5.97 Å². The van der Waals surface area contributed by atoms with Crippen LogP contribution < -0.4 is 4.74 Å². The maximum absolute atomic E-state index is 12.1. The summed E-state index contributed by atoms with van der Waals surface area (Å²) in [4.78, 5) is 12.1. The van der Waals surface area contributed by atoms with Crippen molar-refractivity contribution in [3.8, 4) is 16.9 Å². The topological polar surface area (TPSA) is 26.3 Å². The van der Waals surface area contributed by atoms with Crippen molar-refractivity contribution in [2.24, 2.45) is 11.3 Å². The number of ether oxygens (including phenoxy) is 1. The van der Waals surface area contributed by atoms with E-state index in [0.29, 0.717) is 5.75 Å². The molecular formula is C20H24O2. The fraction of sp³-hybridized carbons (Fsp3) is 0.350. The molecule has 22 heavy (non-hydrogen) atoms. The van der Waals surface area contributed by atoms with Gasteiger partial charge < -0.3 is 4.74 Å². The monoisotopic (exact) mass is 296 g/mol. The van der Waals surface area contributed by atoms with E-state index in [4.69, 9.17) is 4.74 Å². The van der Waals surface area contributed by atoms with Crippen LogP contribution in [0, 0.1) is 11.3 Å². The average Bonchev–Trinajstić information content (AvgIpc) is 2.47. The minimum atomic E-state index is -0.164. The van der Waals surface area contributed by atoms with E-state index >= 15 is 0 Å². The third-order valence-electron chi connectivity index (χ3n) is 3.50. The molecule has 0 aliphatic carbocycles. The van der Waals surface area contributed by atoms with Gasteiger partial charge >= 0.3 is 5.97 Å². The van der Waals surface area contributed by atoms with E-state index in [2.05, 4.69) is 32.9 Å². The Bertz CT molecular complexity index is 606. The number of rotatable bonds is 4. The van der Waals surface area contributed by atoms with Gasteiger partial charge in [-0.3, -0.25) is 4.79 Å². The Balaban J connectivity index is 2.01. The largest absolute Gasteiger partial charge is 0.426 e. The van der Waals surface area contributed by atoms with Crippen LogP contribution >= 0.6 is 0 Å². The normalized spacial score (nSPS) is 12.7. The van der Waals surface area contributed by atoms with Crippen molar-refractivity contribution in [1.29, 1.82) is 0 Å². The fourth-order valence-electron chi connectivity index (χ4n) is 2.56.